The molecule has 5 rings (SSSR count). The zero-order valence-corrected chi connectivity index (χ0v) is 14.4. The number of nitriles is 1. The topological polar surface area (TPSA) is 64.4 Å². The summed E-state index contributed by atoms with van der Waals surface area (Å²) in [6.07, 6.45) is 5.25. The van der Waals surface area contributed by atoms with Crippen molar-refractivity contribution in [1.29, 1.82) is 5.26 Å². The molecule has 5 heteroatoms. The van der Waals surface area contributed by atoms with Gasteiger partial charge in [0, 0.05) is 37.2 Å². The first kappa shape index (κ1) is 16.1. The first-order valence-corrected chi connectivity index (χ1v) is 9.25. The van der Waals surface area contributed by atoms with E-state index in [0.29, 0.717) is 36.0 Å². The third kappa shape index (κ3) is 3.02. The van der Waals surface area contributed by atoms with Gasteiger partial charge < -0.3 is 9.80 Å². The number of carbonyl (C=O) groups excluding carboxylic acids is 2. The Balaban J connectivity index is 1.53. The monoisotopic (exact) mass is 337 g/mol. The first-order chi connectivity index (χ1) is 12.2. The Morgan fingerprint density at radius 2 is 1.92 bits per heavy atom. The molecule has 2 bridgehead atoms. The third-order valence-corrected chi connectivity index (χ3v) is 5.98. The highest BCUT2D eigenvalue weighted by Crippen LogP contribution is 2.33. The molecule has 1 saturated carbocycles. The van der Waals surface area contributed by atoms with E-state index in [2.05, 4.69) is 6.07 Å². The van der Waals surface area contributed by atoms with E-state index in [-0.39, 0.29) is 17.9 Å². The summed E-state index contributed by atoms with van der Waals surface area (Å²) >= 11 is 0. The number of amides is 2. The van der Waals surface area contributed by atoms with Crippen LogP contribution in [-0.2, 0) is 4.79 Å². The summed E-state index contributed by atoms with van der Waals surface area (Å²) < 4.78 is 0. The molecule has 0 spiro atoms. The first-order valence-electron chi connectivity index (χ1n) is 9.25. The van der Waals surface area contributed by atoms with Crippen LogP contribution in [0.1, 0.15) is 48.0 Å². The normalized spacial score (nSPS) is 25.9. The predicted octanol–water partition coefficient (Wildman–Crippen LogP) is 2.42. The second-order valence-corrected chi connectivity index (χ2v) is 7.62. The minimum atomic E-state index is -0.00950. The fourth-order valence-corrected chi connectivity index (χ4v) is 4.31. The van der Waals surface area contributed by atoms with Gasteiger partial charge in [0.05, 0.1) is 11.6 Å². The van der Waals surface area contributed by atoms with E-state index in [1.165, 1.54) is 0 Å². The summed E-state index contributed by atoms with van der Waals surface area (Å²) in [5.41, 5.74) is 1.08. The molecule has 0 unspecified atom stereocenters. The van der Waals surface area contributed by atoms with Crippen molar-refractivity contribution in [3.8, 4) is 6.07 Å². The molecule has 3 heterocycles. The molecule has 2 atom stereocenters. The van der Waals surface area contributed by atoms with Crippen molar-refractivity contribution in [1.82, 2.24) is 9.80 Å². The van der Waals surface area contributed by atoms with Crippen molar-refractivity contribution in [2.75, 3.05) is 19.6 Å². The zero-order valence-electron chi connectivity index (χ0n) is 14.4. The largest absolute Gasteiger partial charge is 0.340 e. The minimum absolute atomic E-state index is 0.00950. The highest BCUT2D eigenvalue weighted by Gasteiger charge is 2.40. The molecule has 3 saturated heterocycles. The van der Waals surface area contributed by atoms with Gasteiger partial charge in [0.15, 0.2) is 0 Å². The van der Waals surface area contributed by atoms with Crippen molar-refractivity contribution < 1.29 is 9.59 Å². The van der Waals surface area contributed by atoms with E-state index in [4.69, 9.17) is 5.26 Å². The van der Waals surface area contributed by atoms with Gasteiger partial charge in [-0.15, -0.1) is 0 Å². The summed E-state index contributed by atoms with van der Waals surface area (Å²) in [4.78, 5) is 29.6. The van der Waals surface area contributed by atoms with E-state index in [9.17, 15) is 9.59 Å². The standard InChI is InChI=1S/C20H23N3O2/c21-10-14-3-1-6-17(9-14)20(25)23-12-15-7-8-18(23)13-22(11-15)19(24)16-4-2-5-16/h1,3,6,9,15-16,18H,2,4-5,7-8,11-13H2/t15-,18+/m1/s1. The molecule has 0 N–H and O–H groups in total. The van der Waals surface area contributed by atoms with Crippen LogP contribution >= 0.6 is 0 Å². The van der Waals surface area contributed by atoms with Gasteiger partial charge in [0.2, 0.25) is 5.91 Å². The molecule has 1 aromatic carbocycles. The molecule has 130 valence electrons. The average Bonchev–Trinajstić information content (AvgIpc) is 2.91. The van der Waals surface area contributed by atoms with Gasteiger partial charge in [-0.3, -0.25) is 9.59 Å². The number of hydrogen-bond donors (Lipinski definition) is 0. The Labute approximate surface area is 148 Å². The van der Waals surface area contributed by atoms with Crippen LogP contribution in [0.3, 0.4) is 0 Å². The van der Waals surface area contributed by atoms with Crippen molar-refractivity contribution in [3.63, 3.8) is 0 Å². The summed E-state index contributed by atoms with van der Waals surface area (Å²) in [5, 5.41) is 9.06. The predicted molar refractivity (Wildman–Crippen MR) is 92.6 cm³/mol. The van der Waals surface area contributed by atoms with Gasteiger partial charge in [-0.1, -0.05) is 12.5 Å². The summed E-state index contributed by atoms with van der Waals surface area (Å²) in [6, 6.07) is 9.11. The van der Waals surface area contributed by atoms with Crippen molar-refractivity contribution in [3.05, 3.63) is 35.4 Å². The summed E-state index contributed by atoms with van der Waals surface area (Å²) in [6.45, 7) is 2.16. The Hall–Kier alpha value is -2.35. The van der Waals surface area contributed by atoms with Crippen molar-refractivity contribution in [2.24, 2.45) is 11.8 Å². The van der Waals surface area contributed by atoms with Crippen LogP contribution in [0.15, 0.2) is 24.3 Å². The maximum Gasteiger partial charge on any atom is 0.254 e. The zero-order chi connectivity index (χ0) is 17.4. The van der Waals surface area contributed by atoms with Crippen LogP contribution in [0.25, 0.3) is 0 Å². The van der Waals surface area contributed by atoms with Crippen LogP contribution in [0.2, 0.25) is 0 Å². The van der Waals surface area contributed by atoms with Crippen LogP contribution < -0.4 is 0 Å². The fourth-order valence-electron chi connectivity index (χ4n) is 4.31. The van der Waals surface area contributed by atoms with Crippen LogP contribution in [0.4, 0.5) is 0 Å². The maximum absolute atomic E-state index is 13.0. The van der Waals surface area contributed by atoms with Crippen molar-refractivity contribution >= 4 is 11.8 Å². The van der Waals surface area contributed by atoms with Gasteiger partial charge in [-0.05, 0) is 49.8 Å². The molecular weight excluding hydrogens is 314 g/mol. The fraction of sp³-hybridized carbons (Fsp3) is 0.550. The van der Waals surface area contributed by atoms with E-state index in [1.807, 2.05) is 9.80 Å². The van der Waals surface area contributed by atoms with E-state index >= 15 is 0 Å². The van der Waals surface area contributed by atoms with E-state index < -0.39 is 0 Å². The maximum atomic E-state index is 13.0. The van der Waals surface area contributed by atoms with Gasteiger partial charge in [0.25, 0.3) is 5.91 Å². The molecule has 5 nitrogen and oxygen atoms in total. The number of fused-ring (bicyclic) bond motifs is 4. The quantitative estimate of drug-likeness (QED) is 0.832. The van der Waals surface area contributed by atoms with Crippen molar-refractivity contribution in [2.45, 2.75) is 38.1 Å². The summed E-state index contributed by atoms with van der Waals surface area (Å²) in [5.74, 6) is 0.869. The molecule has 1 aromatic rings. The molecule has 4 aliphatic rings. The Kier molecular flexibility index (Phi) is 4.20. The SMILES string of the molecule is N#Cc1cccc(C(=O)N2C[C@@H]3CC[C@H]2CN(C(=O)C2CCC2)C3)c1. The van der Waals surface area contributed by atoms with Gasteiger partial charge in [-0.2, -0.15) is 5.26 Å². The lowest BCUT2D eigenvalue weighted by Crippen LogP contribution is -2.48. The molecule has 0 aromatic heterocycles. The molecule has 4 fully saturated rings. The van der Waals surface area contributed by atoms with E-state index in [0.717, 1.165) is 38.6 Å². The highest BCUT2D eigenvalue weighted by molar-refractivity contribution is 5.95. The number of nitrogens with zero attached hydrogens (tertiary/aromatic N) is 3. The number of carbonyl (C=O) groups is 2. The van der Waals surface area contributed by atoms with Crippen LogP contribution in [0, 0.1) is 23.2 Å². The number of rotatable bonds is 2. The lowest BCUT2D eigenvalue weighted by atomic mass is 9.84. The Bertz CT molecular complexity index is 735. The molecule has 3 aliphatic heterocycles. The van der Waals surface area contributed by atoms with Gasteiger partial charge >= 0.3 is 0 Å². The summed E-state index contributed by atoms with van der Waals surface area (Å²) in [7, 11) is 0. The van der Waals surface area contributed by atoms with Gasteiger partial charge in [0.1, 0.15) is 0 Å². The van der Waals surface area contributed by atoms with Gasteiger partial charge in [-0.25, -0.2) is 0 Å². The van der Waals surface area contributed by atoms with Crippen LogP contribution in [-0.4, -0.2) is 47.3 Å². The second-order valence-electron chi connectivity index (χ2n) is 7.62. The highest BCUT2D eigenvalue weighted by atomic mass is 16.2. The number of piperidine rings is 1. The molecule has 0 radical (unpaired) electrons. The third-order valence-electron chi connectivity index (χ3n) is 5.98. The molecule has 25 heavy (non-hydrogen) atoms. The second kappa shape index (κ2) is 6.51. The Morgan fingerprint density at radius 1 is 1.08 bits per heavy atom. The molecule has 1 aliphatic carbocycles. The number of hydrogen-bond acceptors (Lipinski definition) is 3. The molecule has 2 amide bonds. The smallest absolute Gasteiger partial charge is 0.254 e. The Morgan fingerprint density at radius 3 is 2.64 bits per heavy atom. The minimum Gasteiger partial charge on any atom is -0.340 e. The molecular formula is C20H23N3O2. The van der Waals surface area contributed by atoms with Crippen LogP contribution in [0.5, 0.6) is 0 Å². The average molecular weight is 337 g/mol. The number of benzene rings is 1. The lowest BCUT2D eigenvalue weighted by molar-refractivity contribution is -0.138. The lowest BCUT2D eigenvalue weighted by Gasteiger charge is -2.36. The van der Waals surface area contributed by atoms with E-state index in [1.54, 1.807) is 24.3 Å².